The number of ether oxygens (including phenoxy) is 1. The molecule has 68 valence electrons. The van der Waals surface area contributed by atoms with Gasteiger partial charge in [-0.05, 0) is 17.9 Å². The number of rotatable bonds is 4. The molecule has 1 rings (SSSR count). The Morgan fingerprint density at radius 3 is 3.00 bits per heavy atom. The third kappa shape index (κ3) is 1.99. The van der Waals surface area contributed by atoms with Crippen LogP contribution in [0.1, 0.15) is 30.7 Å². The summed E-state index contributed by atoms with van der Waals surface area (Å²) in [6.45, 7) is 2.14. The maximum Gasteiger partial charge on any atom is 0.134 e. The van der Waals surface area contributed by atoms with Gasteiger partial charge >= 0.3 is 0 Å². The molecule has 0 aromatic carbocycles. The molecule has 0 radical (unpaired) electrons. The zero-order valence-corrected chi connectivity index (χ0v) is 8.36. The summed E-state index contributed by atoms with van der Waals surface area (Å²) < 4.78 is 5.18. The summed E-state index contributed by atoms with van der Waals surface area (Å²) in [5, 5.41) is 2.02. The maximum atomic E-state index is 5.96. The predicted octanol–water partition coefficient (Wildman–Crippen LogP) is 2.56. The summed E-state index contributed by atoms with van der Waals surface area (Å²) >= 11 is 1.67. The van der Waals surface area contributed by atoms with Gasteiger partial charge in [0.05, 0.1) is 12.0 Å². The lowest BCUT2D eigenvalue weighted by Crippen LogP contribution is -2.08. The lowest BCUT2D eigenvalue weighted by Gasteiger charge is -2.09. The standard InChI is InChI=1S/C9H15NOS/c1-3-4-7(10)9-8(11-2)5-6-12-9/h5-7H,3-4,10H2,1-2H3. The van der Waals surface area contributed by atoms with Gasteiger partial charge in [0.15, 0.2) is 0 Å². The number of thiophene rings is 1. The Labute approximate surface area is 77.3 Å². The molecular weight excluding hydrogens is 170 g/mol. The van der Waals surface area contributed by atoms with Crippen molar-refractivity contribution in [1.29, 1.82) is 0 Å². The van der Waals surface area contributed by atoms with Crippen LogP contribution in [0.25, 0.3) is 0 Å². The van der Waals surface area contributed by atoms with E-state index in [1.54, 1.807) is 18.4 Å². The third-order valence-corrected chi connectivity index (χ3v) is 2.84. The molecule has 1 atom stereocenters. The quantitative estimate of drug-likeness (QED) is 0.782. The fourth-order valence-electron chi connectivity index (χ4n) is 1.19. The Morgan fingerprint density at radius 2 is 2.42 bits per heavy atom. The van der Waals surface area contributed by atoms with Gasteiger partial charge in [-0.15, -0.1) is 11.3 Å². The molecule has 0 fully saturated rings. The highest BCUT2D eigenvalue weighted by atomic mass is 32.1. The van der Waals surface area contributed by atoms with E-state index in [9.17, 15) is 0 Å². The SMILES string of the molecule is CCCC(N)c1sccc1OC. The molecule has 1 heterocycles. The molecule has 2 N–H and O–H groups in total. The van der Waals surface area contributed by atoms with Crippen molar-refractivity contribution in [3.63, 3.8) is 0 Å². The fourth-order valence-corrected chi connectivity index (χ4v) is 2.09. The average Bonchev–Trinajstić information content (AvgIpc) is 2.51. The molecule has 0 bridgehead atoms. The van der Waals surface area contributed by atoms with Gasteiger partial charge in [-0.1, -0.05) is 13.3 Å². The summed E-state index contributed by atoms with van der Waals surface area (Å²) in [7, 11) is 1.68. The van der Waals surface area contributed by atoms with E-state index in [1.165, 1.54) is 4.88 Å². The molecule has 1 aromatic rings. The van der Waals surface area contributed by atoms with Gasteiger partial charge in [0.25, 0.3) is 0 Å². The maximum absolute atomic E-state index is 5.96. The smallest absolute Gasteiger partial charge is 0.134 e. The first-order valence-electron chi connectivity index (χ1n) is 4.16. The molecule has 0 saturated heterocycles. The first-order chi connectivity index (χ1) is 5.79. The van der Waals surface area contributed by atoms with Crippen molar-refractivity contribution in [3.05, 3.63) is 16.3 Å². The van der Waals surface area contributed by atoms with Crippen molar-refractivity contribution in [2.45, 2.75) is 25.8 Å². The van der Waals surface area contributed by atoms with Crippen LogP contribution in [0.2, 0.25) is 0 Å². The first kappa shape index (κ1) is 9.55. The molecular formula is C9H15NOS. The van der Waals surface area contributed by atoms with Gasteiger partial charge in [0.2, 0.25) is 0 Å². The van der Waals surface area contributed by atoms with Crippen molar-refractivity contribution in [2.75, 3.05) is 7.11 Å². The predicted molar refractivity (Wildman–Crippen MR) is 52.7 cm³/mol. The van der Waals surface area contributed by atoms with Crippen LogP contribution >= 0.6 is 11.3 Å². The summed E-state index contributed by atoms with van der Waals surface area (Å²) in [4.78, 5) is 1.17. The summed E-state index contributed by atoms with van der Waals surface area (Å²) in [6, 6.07) is 2.11. The Bertz CT molecular complexity index is 234. The van der Waals surface area contributed by atoms with Crippen LogP contribution in [0.5, 0.6) is 5.75 Å². The zero-order chi connectivity index (χ0) is 8.97. The lowest BCUT2D eigenvalue weighted by atomic mass is 10.1. The summed E-state index contributed by atoms with van der Waals surface area (Å²) in [5.41, 5.74) is 5.96. The average molecular weight is 185 g/mol. The zero-order valence-electron chi connectivity index (χ0n) is 7.54. The van der Waals surface area contributed by atoms with Crippen molar-refractivity contribution in [1.82, 2.24) is 0 Å². The van der Waals surface area contributed by atoms with Gasteiger partial charge in [-0.3, -0.25) is 0 Å². The summed E-state index contributed by atoms with van der Waals surface area (Å²) in [6.07, 6.45) is 2.14. The normalized spacial score (nSPS) is 12.9. The third-order valence-electron chi connectivity index (χ3n) is 1.81. The molecule has 3 heteroatoms. The van der Waals surface area contributed by atoms with Gasteiger partial charge in [0.1, 0.15) is 5.75 Å². The van der Waals surface area contributed by atoms with Crippen LogP contribution in [-0.4, -0.2) is 7.11 Å². The monoisotopic (exact) mass is 185 g/mol. The lowest BCUT2D eigenvalue weighted by molar-refractivity contribution is 0.407. The largest absolute Gasteiger partial charge is 0.496 e. The fraction of sp³-hybridized carbons (Fsp3) is 0.556. The number of hydrogen-bond acceptors (Lipinski definition) is 3. The molecule has 1 aromatic heterocycles. The van der Waals surface area contributed by atoms with Crippen molar-refractivity contribution >= 4 is 11.3 Å². The van der Waals surface area contributed by atoms with Crippen molar-refractivity contribution in [3.8, 4) is 5.75 Å². The Balaban J connectivity index is 2.71. The Hall–Kier alpha value is -0.540. The van der Waals surface area contributed by atoms with Crippen LogP contribution < -0.4 is 10.5 Å². The minimum Gasteiger partial charge on any atom is -0.496 e. The van der Waals surface area contributed by atoms with Crippen LogP contribution in [0, 0.1) is 0 Å². The van der Waals surface area contributed by atoms with E-state index in [0.29, 0.717) is 0 Å². The van der Waals surface area contributed by atoms with Crippen molar-refractivity contribution in [2.24, 2.45) is 5.73 Å². The molecule has 0 amide bonds. The number of hydrogen-bond donors (Lipinski definition) is 1. The second-order valence-electron chi connectivity index (χ2n) is 2.75. The molecule has 0 saturated carbocycles. The van der Waals surface area contributed by atoms with Gasteiger partial charge in [0, 0.05) is 6.04 Å². The van der Waals surface area contributed by atoms with E-state index in [4.69, 9.17) is 10.5 Å². The minimum atomic E-state index is 0.143. The second-order valence-corrected chi connectivity index (χ2v) is 3.70. The van der Waals surface area contributed by atoms with Gasteiger partial charge in [-0.2, -0.15) is 0 Å². The Morgan fingerprint density at radius 1 is 1.67 bits per heavy atom. The number of methoxy groups -OCH3 is 1. The molecule has 0 aliphatic heterocycles. The molecule has 12 heavy (non-hydrogen) atoms. The van der Waals surface area contributed by atoms with E-state index in [-0.39, 0.29) is 6.04 Å². The highest BCUT2D eigenvalue weighted by Crippen LogP contribution is 2.31. The van der Waals surface area contributed by atoms with Crippen molar-refractivity contribution < 1.29 is 4.74 Å². The van der Waals surface area contributed by atoms with Crippen LogP contribution in [0.3, 0.4) is 0 Å². The number of nitrogens with two attached hydrogens (primary N) is 1. The van der Waals surface area contributed by atoms with Gasteiger partial charge in [-0.25, -0.2) is 0 Å². The summed E-state index contributed by atoms with van der Waals surface area (Å²) in [5.74, 6) is 0.931. The van der Waals surface area contributed by atoms with E-state index in [1.807, 2.05) is 11.4 Å². The molecule has 0 spiro atoms. The van der Waals surface area contributed by atoms with E-state index in [2.05, 4.69) is 6.92 Å². The van der Waals surface area contributed by atoms with Gasteiger partial charge < -0.3 is 10.5 Å². The van der Waals surface area contributed by atoms with E-state index < -0.39 is 0 Å². The topological polar surface area (TPSA) is 35.2 Å². The molecule has 1 unspecified atom stereocenters. The van der Waals surface area contributed by atoms with Crippen LogP contribution in [0.4, 0.5) is 0 Å². The highest BCUT2D eigenvalue weighted by molar-refractivity contribution is 7.10. The Kier molecular flexibility index (Phi) is 3.56. The van der Waals surface area contributed by atoms with Crippen LogP contribution in [0.15, 0.2) is 11.4 Å². The van der Waals surface area contributed by atoms with E-state index >= 15 is 0 Å². The molecule has 0 aliphatic rings. The molecule has 0 aliphatic carbocycles. The van der Waals surface area contributed by atoms with Crippen LogP contribution in [-0.2, 0) is 0 Å². The molecule has 2 nitrogen and oxygen atoms in total. The van der Waals surface area contributed by atoms with E-state index in [0.717, 1.165) is 18.6 Å². The highest BCUT2D eigenvalue weighted by Gasteiger charge is 2.11. The second kappa shape index (κ2) is 4.48. The minimum absolute atomic E-state index is 0.143. The first-order valence-corrected chi connectivity index (χ1v) is 5.04.